The van der Waals surface area contributed by atoms with Crippen LogP contribution in [0.1, 0.15) is 6.92 Å². The summed E-state index contributed by atoms with van der Waals surface area (Å²) in [6.07, 6.45) is 0.855. The Morgan fingerprint density at radius 2 is 2.20 bits per heavy atom. The topological polar surface area (TPSA) is 54.9 Å². The number of carbonyl (C=O) groups is 1. The Labute approximate surface area is 86.5 Å². The maximum absolute atomic E-state index is 11.6. The van der Waals surface area contributed by atoms with Crippen LogP contribution in [0.4, 0.5) is 0 Å². The molecule has 15 heavy (non-hydrogen) atoms. The maximum atomic E-state index is 11.6. The van der Waals surface area contributed by atoms with Gasteiger partial charge in [-0.2, -0.15) is 0 Å². The van der Waals surface area contributed by atoms with Crippen molar-refractivity contribution in [3.05, 3.63) is 34.7 Å². The highest BCUT2D eigenvalue weighted by atomic mass is 16.1. The number of aromatic nitrogens is 2. The van der Waals surface area contributed by atoms with Crippen LogP contribution in [0.3, 0.4) is 0 Å². The first-order chi connectivity index (χ1) is 7.22. The molecule has 1 heterocycles. The third-order valence-corrected chi connectivity index (χ3v) is 2.38. The van der Waals surface area contributed by atoms with Crippen molar-refractivity contribution < 1.29 is 4.79 Å². The summed E-state index contributed by atoms with van der Waals surface area (Å²) >= 11 is 0. The Hall–Kier alpha value is -1.84. The fraction of sp³-hybridized carbons (Fsp3) is 0.273. The normalized spacial score (nSPS) is 12.9. The molecular formula is C11H12N2O2. The lowest BCUT2D eigenvalue weighted by molar-refractivity contribution is -0.110. The fourth-order valence-corrected chi connectivity index (χ4v) is 1.62. The summed E-state index contributed by atoms with van der Waals surface area (Å²) in [7, 11) is 0. The summed E-state index contributed by atoms with van der Waals surface area (Å²) in [6, 6.07) is 7.45. The average Bonchev–Trinajstić information content (AvgIpc) is 2.55. The van der Waals surface area contributed by atoms with Crippen LogP contribution in [0.25, 0.3) is 11.0 Å². The van der Waals surface area contributed by atoms with E-state index in [0.717, 1.165) is 17.3 Å². The highest BCUT2D eigenvalue weighted by molar-refractivity contribution is 5.75. The predicted molar refractivity (Wildman–Crippen MR) is 57.8 cm³/mol. The molecule has 1 unspecified atom stereocenters. The minimum atomic E-state index is -0.162. The van der Waals surface area contributed by atoms with Crippen LogP contribution in [-0.4, -0.2) is 15.8 Å². The van der Waals surface area contributed by atoms with Crippen molar-refractivity contribution in [2.24, 2.45) is 5.92 Å². The number of benzene rings is 1. The molecular weight excluding hydrogens is 192 g/mol. The lowest BCUT2D eigenvalue weighted by atomic mass is 10.2. The smallest absolute Gasteiger partial charge is 0.306 e. The number of carbonyl (C=O) groups excluding carboxylic acids is 1. The molecule has 2 aromatic rings. The standard InChI is InChI=1S/C11H12N2O2/c1-8(7-14)6-13-10-5-3-2-4-9(10)12-11(13)15/h2-5,7-8H,6H2,1H3,(H,12,15). The summed E-state index contributed by atoms with van der Waals surface area (Å²) in [4.78, 5) is 24.9. The SMILES string of the molecule is CC(C=O)Cn1c(=O)[nH]c2ccccc21. The molecule has 1 N–H and O–H groups in total. The second kappa shape index (κ2) is 3.73. The number of aromatic amines is 1. The number of hydrogen-bond acceptors (Lipinski definition) is 2. The molecule has 0 amide bonds. The van der Waals surface area contributed by atoms with Gasteiger partial charge in [0.1, 0.15) is 6.29 Å². The minimum Gasteiger partial charge on any atom is -0.306 e. The van der Waals surface area contributed by atoms with Gasteiger partial charge >= 0.3 is 5.69 Å². The largest absolute Gasteiger partial charge is 0.326 e. The monoisotopic (exact) mass is 204 g/mol. The number of aldehydes is 1. The third kappa shape index (κ3) is 1.70. The van der Waals surface area contributed by atoms with Gasteiger partial charge in [0.05, 0.1) is 11.0 Å². The molecule has 0 saturated heterocycles. The summed E-state index contributed by atoms with van der Waals surface area (Å²) in [6.45, 7) is 2.22. The Balaban J connectivity index is 2.54. The third-order valence-electron chi connectivity index (χ3n) is 2.38. The quantitative estimate of drug-likeness (QED) is 0.763. The van der Waals surface area contributed by atoms with E-state index in [0.29, 0.717) is 6.54 Å². The molecule has 0 aliphatic rings. The highest BCUT2D eigenvalue weighted by Gasteiger charge is 2.08. The van der Waals surface area contributed by atoms with Gasteiger partial charge in [0.25, 0.3) is 0 Å². The van der Waals surface area contributed by atoms with Gasteiger partial charge in [-0.15, -0.1) is 0 Å². The van der Waals surface area contributed by atoms with E-state index >= 15 is 0 Å². The Morgan fingerprint density at radius 1 is 1.47 bits per heavy atom. The molecule has 0 aliphatic heterocycles. The van der Waals surface area contributed by atoms with Gasteiger partial charge in [0.2, 0.25) is 0 Å². The average molecular weight is 204 g/mol. The van der Waals surface area contributed by atoms with E-state index in [1.54, 1.807) is 11.5 Å². The Kier molecular flexibility index (Phi) is 2.41. The van der Waals surface area contributed by atoms with Crippen molar-refractivity contribution in [2.45, 2.75) is 13.5 Å². The molecule has 0 saturated carbocycles. The van der Waals surface area contributed by atoms with Crippen LogP contribution < -0.4 is 5.69 Å². The second-order valence-corrected chi connectivity index (χ2v) is 3.67. The van der Waals surface area contributed by atoms with E-state index < -0.39 is 0 Å². The van der Waals surface area contributed by atoms with Crippen LogP contribution >= 0.6 is 0 Å². The fourth-order valence-electron chi connectivity index (χ4n) is 1.62. The zero-order valence-electron chi connectivity index (χ0n) is 8.43. The summed E-state index contributed by atoms with van der Waals surface area (Å²) in [5.74, 6) is -0.151. The second-order valence-electron chi connectivity index (χ2n) is 3.67. The molecule has 2 rings (SSSR count). The van der Waals surface area contributed by atoms with E-state index in [1.807, 2.05) is 24.3 Å². The Morgan fingerprint density at radius 3 is 2.93 bits per heavy atom. The minimum absolute atomic E-state index is 0.151. The van der Waals surface area contributed by atoms with E-state index in [2.05, 4.69) is 4.98 Å². The van der Waals surface area contributed by atoms with Crippen molar-refractivity contribution in [3.63, 3.8) is 0 Å². The van der Waals surface area contributed by atoms with Gasteiger partial charge in [-0.05, 0) is 12.1 Å². The summed E-state index contributed by atoms with van der Waals surface area (Å²) in [5, 5.41) is 0. The molecule has 1 aromatic heterocycles. The van der Waals surface area contributed by atoms with Gasteiger partial charge in [-0.25, -0.2) is 4.79 Å². The number of para-hydroxylation sites is 2. The molecule has 0 spiro atoms. The number of H-pyrrole nitrogens is 1. The zero-order chi connectivity index (χ0) is 10.8. The van der Waals surface area contributed by atoms with Crippen LogP contribution in [-0.2, 0) is 11.3 Å². The van der Waals surface area contributed by atoms with Crippen molar-refractivity contribution in [3.8, 4) is 0 Å². The number of hydrogen-bond donors (Lipinski definition) is 1. The molecule has 0 radical (unpaired) electrons. The van der Waals surface area contributed by atoms with Gasteiger partial charge in [0.15, 0.2) is 0 Å². The molecule has 4 heteroatoms. The predicted octanol–water partition coefficient (Wildman–Crippen LogP) is 1.16. The van der Waals surface area contributed by atoms with Crippen molar-refractivity contribution in [1.29, 1.82) is 0 Å². The first-order valence-corrected chi connectivity index (χ1v) is 4.85. The maximum Gasteiger partial charge on any atom is 0.326 e. The van der Waals surface area contributed by atoms with E-state index in [1.165, 1.54) is 0 Å². The number of rotatable bonds is 3. The summed E-state index contributed by atoms with van der Waals surface area (Å²) < 4.78 is 1.59. The van der Waals surface area contributed by atoms with Gasteiger partial charge in [-0.1, -0.05) is 19.1 Å². The number of fused-ring (bicyclic) bond motifs is 1. The van der Waals surface area contributed by atoms with Crippen molar-refractivity contribution >= 4 is 17.3 Å². The molecule has 1 aromatic carbocycles. The molecule has 78 valence electrons. The van der Waals surface area contributed by atoms with Crippen LogP contribution in [0.5, 0.6) is 0 Å². The Bertz CT molecular complexity index is 539. The van der Waals surface area contributed by atoms with Gasteiger partial charge < -0.3 is 9.78 Å². The van der Waals surface area contributed by atoms with Crippen molar-refractivity contribution in [2.75, 3.05) is 0 Å². The molecule has 0 bridgehead atoms. The summed E-state index contributed by atoms with van der Waals surface area (Å²) in [5.41, 5.74) is 1.49. The van der Waals surface area contributed by atoms with E-state index in [4.69, 9.17) is 0 Å². The van der Waals surface area contributed by atoms with Gasteiger partial charge in [-0.3, -0.25) is 4.57 Å². The molecule has 0 fully saturated rings. The van der Waals surface area contributed by atoms with Crippen LogP contribution in [0.15, 0.2) is 29.1 Å². The first kappa shape index (κ1) is 9.71. The number of nitrogens with one attached hydrogen (secondary N) is 1. The van der Waals surface area contributed by atoms with E-state index in [9.17, 15) is 9.59 Å². The van der Waals surface area contributed by atoms with Gasteiger partial charge in [0, 0.05) is 12.5 Å². The van der Waals surface area contributed by atoms with Crippen LogP contribution in [0.2, 0.25) is 0 Å². The lowest BCUT2D eigenvalue weighted by Crippen LogP contribution is -2.20. The highest BCUT2D eigenvalue weighted by Crippen LogP contribution is 2.10. The van der Waals surface area contributed by atoms with Crippen LogP contribution in [0, 0.1) is 5.92 Å². The first-order valence-electron chi connectivity index (χ1n) is 4.85. The number of imidazole rings is 1. The lowest BCUT2D eigenvalue weighted by Gasteiger charge is -2.04. The number of nitrogens with zero attached hydrogens (tertiary/aromatic N) is 1. The molecule has 1 atom stereocenters. The van der Waals surface area contributed by atoms with E-state index in [-0.39, 0.29) is 11.6 Å². The van der Waals surface area contributed by atoms with Crippen molar-refractivity contribution in [1.82, 2.24) is 9.55 Å². The molecule has 0 aliphatic carbocycles. The molecule has 4 nitrogen and oxygen atoms in total. The zero-order valence-corrected chi connectivity index (χ0v) is 8.43.